The van der Waals surface area contributed by atoms with Crippen molar-refractivity contribution in [1.82, 2.24) is 24.6 Å². The van der Waals surface area contributed by atoms with Crippen molar-refractivity contribution in [2.45, 2.75) is 20.0 Å². The van der Waals surface area contributed by atoms with E-state index in [0.717, 1.165) is 16.3 Å². The first-order valence-electron chi connectivity index (χ1n) is 9.89. The van der Waals surface area contributed by atoms with Gasteiger partial charge in [-0.1, -0.05) is 42.5 Å². The molecule has 30 heavy (non-hydrogen) atoms. The number of nitrogens with one attached hydrogen (secondary N) is 1. The lowest BCUT2D eigenvalue weighted by Crippen LogP contribution is -2.31. The van der Waals surface area contributed by atoms with Gasteiger partial charge in [0.25, 0.3) is 5.56 Å². The van der Waals surface area contributed by atoms with Gasteiger partial charge < -0.3 is 10.1 Å². The van der Waals surface area contributed by atoms with Crippen LogP contribution in [0.3, 0.4) is 0 Å². The molecule has 2 heterocycles. The minimum Gasteiger partial charge on any atom is -0.372 e. The molecule has 0 spiro atoms. The van der Waals surface area contributed by atoms with Crippen LogP contribution >= 0.6 is 0 Å². The first-order valence-corrected chi connectivity index (χ1v) is 9.89. The van der Waals surface area contributed by atoms with Crippen molar-refractivity contribution in [3.63, 3.8) is 0 Å². The summed E-state index contributed by atoms with van der Waals surface area (Å²) in [5.41, 5.74) is 1.42. The molecule has 4 rings (SSSR count). The average molecular weight is 405 g/mol. The van der Waals surface area contributed by atoms with E-state index in [4.69, 9.17) is 4.74 Å². The maximum absolute atomic E-state index is 13.0. The first kappa shape index (κ1) is 19.8. The van der Waals surface area contributed by atoms with Gasteiger partial charge in [-0.15, -0.1) is 0 Å². The van der Waals surface area contributed by atoms with Crippen LogP contribution in [0.1, 0.15) is 12.5 Å². The van der Waals surface area contributed by atoms with Crippen molar-refractivity contribution in [3.05, 3.63) is 70.9 Å². The fourth-order valence-electron chi connectivity index (χ4n) is 3.43. The van der Waals surface area contributed by atoms with E-state index in [-0.39, 0.29) is 18.1 Å². The molecule has 0 radical (unpaired) electrons. The molecule has 0 aliphatic rings. The molecule has 0 aliphatic carbocycles. The number of benzene rings is 2. The predicted octanol–water partition coefficient (Wildman–Crippen LogP) is 1.95. The minimum atomic E-state index is -0.182. The number of fused-ring (bicyclic) bond motifs is 2. The Bertz CT molecular complexity index is 1240. The Hall–Kier alpha value is -3.52. The third kappa shape index (κ3) is 4.08. The Labute approximate surface area is 173 Å². The van der Waals surface area contributed by atoms with E-state index >= 15 is 0 Å². The zero-order valence-corrected chi connectivity index (χ0v) is 16.7. The van der Waals surface area contributed by atoms with Crippen molar-refractivity contribution >= 4 is 27.7 Å². The number of ether oxygens (including phenoxy) is 1. The van der Waals surface area contributed by atoms with Crippen molar-refractivity contribution in [3.8, 4) is 0 Å². The van der Waals surface area contributed by atoms with Crippen molar-refractivity contribution in [2.75, 3.05) is 19.8 Å². The molecule has 0 atom stereocenters. The molecule has 8 heteroatoms. The Morgan fingerprint density at radius 3 is 2.83 bits per heavy atom. The molecule has 4 aromatic rings. The van der Waals surface area contributed by atoms with Crippen LogP contribution in [0.15, 0.2) is 59.8 Å². The summed E-state index contributed by atoms with van der Waals surface area (Å²) >= 11 is 0. The van der Waals surface area contributed by atoms with Crippen LogP contribution in [0.4, 0.5) is 0 Å². The zero-order chi connectivity index (χ0) is 20.9. The second kappa shape index (κ2) is 8.87. The van der Waals surface area contributed by atoms with Crippen LogP contribution in [0.5, 0.6) is 0 Å². The summed E-state index contributed by atoms with van der Waals surface area (Å²) in [5, 5.41) is 9.74. The number of rotatable bonds is 8. The van der Waals surface area contributed by atoms with Gasteiger partial charge in [0.2, 0.25) is 5.91 Å². The van der Waals surface area contributed by atoms with Gasteiger partial charge in [-0.2, -0.15) is 5.10 Å². The Morgan fingerprint density at radius 1 is 1.13 bits per heavy atom. The van der Waals surface area contributed by atoms with E-state index < -0.39 is 0 Å². The number of carbonyl (C=O) groups excluding carboxylic acids is 1. The maximum Gasteiger partial charge on any atom is 0.264 e. The van der Waals surface area contributed by atoms with Crippen LogP contribution in [0.25, 0.3) is 21.8 Å². The summed E-state index contributed by atoms with van der Waals surface area (Å²) in [4.78, 5) is 29.0. The number of nitrogens with zero attached hydrogens (tertiary/aromatic N) is 4. The third-order valence-electron chi connectivity index (χ3n) is 4.93. The van der Waals surface area contributed by atoms with Crippen LogP contribution in [0.2, 0.25) is 0 Å². The van der Waals surface area contributed by atoms with E-state index in [0.29, 0.717) is 37.3 Å². The van der Waals surface area contributed by atoms with Gasteiger partial charge in [0.15, 0.2) is 5.65 Å². The number of hydrogen-bond acceptors (Lipinski definition) is 5. The summed E-state index contributed by atoms with van der Waals surface area (Å²) in [6.07, 6.45) is 3.09. The van der Waals surface area contributed by atoms with E-state index in [9.17, 15) is 9.59 Å². The minimum absolute atomic E-state index is 0.0352. The highest BCUT2D eigenvalue weighted by molar-refractivity contribution is 5.85. The lowest BCUT2D eigenvalue weighted by molar-refractivity contribution is -0.125. The number of carbonyl (C=O) groups is 1. The van der Waals surface area contributed by atoms with Crippen molar-refractivity contribution in [2.24, 2.45) is 0 Å². The Kier molecular flexibility index (Phi) is 5.85. The number of hydrogen-bond donors (Lipinski definition) is 1. The fraction of sp³-hybridized carbons (Fsp3) is 0.273. The highest BCUT2D eigenvalue weighted by Gasteiger charge is 2.11. The van der Waals surface area contributed by atoms with Crippen LogP contribution in [-0.4, -0.2) is 45.0 Å². The SMILES string of the molecule is CCOCC(=O)NCCn1ncc2c(=O)n(Cc3cccc4ccccc34)cnc21. The molecule has 2 aromatic carbocycles. The van der Waals surface area contributed by atoms with Gasteiger partial charge in [0.1, 0.15) is 18.3 Å². The second-order valence-electron chi connectivity index (χ2n) is 6.91. The molecule has 8 nitrogen and oxygen atoms in total. The van der Waals surface area contributed by atoms with Crippen LogP contribution in [-0.2, 0) is 22.6 Å². The topological polar surface area (TPSA) is 91.0 Å². The van der Waals surface area contributed by atoms with E-state index in [1.165, 1.54) is 6.20 Å². The van der Waals surface area contributed by atoms with Gasteiger partial charge in [-0.25, -0.2) is 9.67 Å². The summed E-state index contributed by atoms with van der Waals surface area (Å²) in [5.74, 6) is -0.182. The smallest absolute Gasteiger partial charge is 0.264 e. The second-order valence-corrected chi connectivity index (χ2v) is 6.91. The molecule has 0 bridgehead atoms. The molecule has 0 saturated heterocycles. The molecule has 1 N–H and O–H groups in total. The molecule has 1 amide bonds. The van der Waals surface area contributed by atoms with Gasteiger partial charge in [-0.3, -0.25) is 14.2 Å². The highest BCUT2D eigenvalue weighted by Crippen LogP contribution is 2.19. The van der Waals surface area contributed by atoms with Gasteiger partial charge in [0, 0.05) is 13.2 Å². The Morgan fingerprint density at radius 2 is 1.97 bits per heavy atom. The summed E-state index contributed by atoms with van der Waals surface area (Å²) in [6, 6.07) is 14.2. The first-order chi connectivity index (χ1) is 14.7. The third-order valence-corrected chi connectivity index (χ3v) is 4.93. The van der Waals surface area contributed by atoms with Gasteiger partial charge in [0.05, 0.1) is 19.3 Å². The maximum atomic E-state index is 13.0. The molecule has 0 unspecified atom stereocenters. The molecular formula is C22H23N5O3. The van der Waals surface area contributed by atoms with E-state index in [1.807, 2.05) is 31.2 Å². The molecule has 2 aromatic heterocycles. The quantitative estimate of drug-likeness (QED) is 0.484. The molecule has 154 valence electrons. The van der Waals surface area contributed by atoms with Crippen LogP contribution in [0, 0.1) is 0 Å². The van der Waals surface area contributed by atoms with E-state index in [1.54, 1.807) is 15.6 Å². The van der Waals surface area contributed by atoms with Crippen molar-refractivity contribution < 1.29 is 9.53 Å². The predicted molar refractivity (Wildman–Crippen MR) is 114 cm³/mol. The normalized spacial score (nSPS) is 11.2. The van der Waals surface area contributed by atoms with Crippen molar-refractivity contribution in [1.29, 1.82) is 0 Å². The lowest BCUT2D eigenvalue weighted by atomic mass is 10.0. The Balaban J connectivity index is 1.52. The van der Waals surface area contributed by atoms with E-state index in [2.05, 4.69) is 33.6 Å². The average Bonchev–Trinajstić information content (AvgIpc) is 3.18. The largest absolute Gasteiger partial charge is 0.372 e. The molecule has 0 fully saturated rings. The summed E-state index contributed by atoms with van der Waals surface area (Å²) in [7, 11) is 0. The lowest BCUT2D eigenvalue weighted by Gasteiger charge is -2.09. The molecule has 0 aliphatic heterocycles. The zero-order valence-electron chi connectivity index (χ0n) is 16.7. The monoisotopic (exact) mass is 405 g/mol. The van der Waals surface area contributed by atoms with Gasteiger partial charge >= 0.3 is 0 Å². The highest BCUT2D eigenvalue weighted by atomic mass is 16.5. The number of amides is 1. The fourth-order valence-corrected chi connectivity index (χ4v) is 3.43. The molecule has 0 saturated carbocycles. The molecular weight excluding hydrogens is 382 g/mol. The number of aromatic nitrogens is 4. The summed E-state index contributed by atoms with van der Waals surface area (Å²) in [6.45, 7) is 3.59. The summed E-state index contributed by atoms with van der Waals surface area (Å²) < 4.78 is 8.29. The van der Waals surface area contributed by atoms with Crippen LogP contribution < -0.4 is 10.9 Å². The van der Waals surface area contributed by atoms with Gasteiger partial charge in [-0.05, 0) is 23.3 Å². The standard InChI is InChI=1S/C22H23N5O3/c1-2-30-14-20(28)23-10-11-27-21-19(12-25-27)22(29)26(15-24-21)13-17-8-5-7-16-6-3-4-9-18(16)17/h3-9,12,15H,2,10-11,13-14H2,1H3,(H,23,28).